The number of aliphatic hydroxyl groups is 1. The summed E-state index contributed by atoms with van der Waals surface area (Å²) in [6.07, 6.45) is 2.67. The van der Waals surface area contributed by atoms with Crippen LogP contribution < -0.4 is 0 Å². The van der Waals surface area contributed by atoms with E-state index in [1.807, 2.05) is 20.0 Å². The van der Waals surface area contributed by atoms with Gasteiger partial charge in [-0.2, -0.15) is 0 Å². The molecule has 1 amide bonds. The molecule has 2 aromatic heterocycles. The maximum atomic E-state index is 12.9. The van der Waals surface area contributed by atoms with Gasteiger partial charge in [-0.05, 0) is 44.2 Å². The number of rotatable bonds is 5. The standard InChI is InChI=1S/C19H26N2O2S/c1-13-10-17(14(2)21(13)12-16-7-5-9-24-16)19(23)20(3)11-15-6-4-8-18(15)22/h5,7,9-10,15,18,22H,4,6,8,11-12H2,1-3H3. The summed E-state index contributed by atoms with van der Waals surface area (Å²) in [5.41, 5.74) is 2.90. The molecular formula is C19H26N2O2S. The van der Waals surface area contributed by atoms with Crippen LogP contribution in [0.15, 0.2) is 23.6 Å². The van der Waals surface area contributed by atoms with Crippen LogP contribution in [0.1, 0.15) is 45.9 Å². The van der Waals surface area contributed by atoms with E-state index in [4.69, 9.17) is 0 Å². The number of aromatic nitrogens is 1. The molecule has 0 aromatic carbocycles. The number of aliphatic hydroxyl groups excluding tert-OH is 1. The van der Waals surface area contributed by atoms with Gasteiger partial charge < -0.3 is 14.6 Å². The van der Waals surface area contributed by atoms with Crippen molar-refractivity contribution in [1.82, 2.24) is 9.47 Å². The topological polar surface area (TPSA) is 45.5 Å². The first-order chi connectivity index (χ1) is 11.5. The van der Waals surface area contributed by atoms with E-state index >= 15 is 0 Å². The molecule has 1 aliphatic carbocycles. The highest BCUT2D eigenvalue weighted by atomic mass is 32.1. The van der Waals surface area contributed by atoms with Crippen molar-refractivity contribution in [2.24, 2.45) is 5.92 Å². The Morgan fingerprint density at radius 3 is 2.83 bits per heavy atom. The first-order valence-corrected chi connectivity index (χ1v) is 9.48. The Morgan fingerprint density at radius 2 is 2.21 bits per heavy atom. The minimum atomic E-state index is -0.258. The Kier molecular flexibility index (Phi) is 5.11. The molecule has 2 unspecified atom stereocenters. The zero-order valence-corrected chi connectivity index (χ0v) is 15.5. The largest absolute Gasteiger partial charge is 0.393 e. The van der Waals surface area contributed by atoms with E-state index in [1.54, 1.807) is 16.2 Å². The van der Waals surface area contributed by atoms with Crippen molar-refractivity contribution < 1.29 is 9.90 Å². The highest BCUT2D eigenvalue weighted by Crippen LogP contribution is 2.27. The van der Waals surface area contributed by atoms with Crippen molar-refractivity contribution in [3.63, 3.8) is 0 Å². The molecule has 0 radical (unpaired) electrons. The molecule has 0 aliphatic heterocycles. The number of carbonyl (C=O) groups excluding carboxylic acids is 1. The number of hydrogen-bond donors (Lipinski definition) is 1. The monoisotopic (exact) mass is 346 g/mol. The maximum absolute atomic E-state index is 12.9. The van der Waals surface area contributed by atoms with Gasteiger partial charge in [0.15, 0.2) is 0 Å². The van der Waals surface area contributed by atoms with Crippen molar-refractivity contribution in [2.75, 3.05) is 13.6 Å². The molecule has 4 nitrogen and oxygen atoms in total. The van der Waals surface area contributed by atoms with Crippen LogP contribution in [0, 0.1) is 19.8 Å². The van der Waals surface area contributed by atoms with Crippen LogP contribution in [0.5, 0.6) is 0 Å². The van der Waals surface area contributed by atoms with Crippen LogP contribution in [-0.4, -0.2) is 40.2 Å². The minimum absolute atomic E-state index is 0.0552. The fourth-order valence-electron chi connectivity index (χ4n) is 3.69. The van der Waals surface area contributed by atoms with Gasteiger partial charge in [0, 0.05) is 35.8 Å². The van der Waals surface area contributed by atoms with Gasteiger partial charge in [-0.15, -0.1) is 11.3 Å². The molecule has 1 saturated carbocycles. The van der Waals surface area contributed by atoms with Crippen molar-refractivity contribution in [3.05, 3.63) is 45.4 Å². The molecule has 5 heteroatoms. The molecule has 2 aromatic rings. The zero-order chi connectivity index (χ0) is 17.3. The second-order valence-electron chi connectivity index (χ2n) is 6.89. The molecule has 1 aliphatic rings. The van der Waals surface area contributed by atoms with Gasteiger partial charge in [-0.3, -0.25) is 4.79 Å². The van der Waals surface area contributed by atoms with E-state index in [9.17, 15) is 9.90 Å². The maximum Gasteiger partial charge on any atom is 0.255 e. The predicted octanol–water partition coefficient (Wildman–Crippen LogP) is 3.45. The Balaban J connectivity index is 1.75. The first kappa shape index (κ1) is 17.2. The normalized spacial score (nSPS) is 20.5. The lowest BCUT2D eigenvalue weighted by Gasteiger charge is -2.23. The lowest BCUT2D eigenvalue weighted by Crippen LogP contribution is -2.34. The predicted molar refractivity (Wildman–Crippen MR) is 97.6 cm³/mol. The van der Waals surface area contributed by atoms with Gasteiger partial charge in [0.1, 0.15) is 0 Å². The number of hydrogen-bond acceptors (Lipinski definition) is 3. The van der Waals surface area contributed by atoms with Gasteiger partial charge in [0.05, 0.1) is 18.2 Å². The van der Waals surface area contributed by atoms with Gasteiger partial charge in [0.2, 0.25) is 0 Å². The lowest BCUT2D eigenvalue weighted by molar-refractivity contribution is 0.0693. The lowest BCUT2D eigenvalue weighted by atomic mass is 10.1. The van der Waals surface area contributed by atoms with Gasteiger partial charge in [0.25, 0.3) is 5.91 Å². The molecule has 24 heavy (non-hydrogen) atoms. The number of thiophene rings is 1. The van der Waals surface area contributed by atoms with E-state index in [2.05, 4.69) is 29.0 Å². The third-order valence-electron chi connectivity index (χ3n) is 5.17. The van der Waals surface area contributed by atoms with Crippen LogP contribution in [0.2, 0.25) is 0 Å². The van der Waals surface area contributed by atoms with Crippen LogP contribution >= 0.6 is 11.3 Å². The Hall–Kier alpha value is -1.59. The number of carbonyl (C=O) groups is 1. The Bertz CT molecular complexity index is 705. The molecule has 0 spiro atoms. The van der Waals surface area contributed by atoms with Crippen molar-refractivity contribution >= 4 is 17.2 Å². The first-order valence-electron chi connectivity index (χ1n) is 8.60. The van der Waals surface area contributed by atoms with E-state index in [0.717, 1.165) is 42.8 Å². The van der Waals surface area contributed by atoms with E-state index in [1.165, 1.54) is 4.88 Å². The van der Waals surface area contributed by atoms with Crippen LogP contribution in [-0.2, 0) is 6.54 Å². The zero-order valence-electron chi connectivity index (χ0n) is 14.7. The summed E-state index contributed by atoms with van der Waals surface area (Å²) in [5.74, 6) is 0.271. The molecule has 2 atom stereocenters. The van der Waals surface area contributed by atoms with Crippen LogP contribution in [0.25, 0.3) is 0 Å². The summed E-state index contributed by atoms with van der Waals surface area (Å²) in [7, 11) is 1.85. The molecule has 0 bridgehead atoms. The molecule has 1 fully saturated rings. The second-order valence-corrected chi connectivity index (χ2v) is 7.93. The smallest absolute Gasteiger partial charge is 0.255 e. The second kappa shape index (κ2) is 7.11. The highest BCUT2D eigenvalue weighted by Gasteiger charge is 2.28. The summed E-state index contributed by atoms with van der Waals surface area (Å²) in [5, 5.41) is 12.1. The molecular weight excluding hydrogens is 320 g/mol. The average molecular weight is 346 g/mol. The third kappa shape index (κ3) is 3.42. The van der Waals surface area contributed by atoms with E-state index in [-0.39, 0.29) is 17.9 Å². The van der Waals surface area contributed by atoms with E-state index < -0.39 is 0 Å². The van der Waals surface area contributed by atoms with Crippen molar-refractivity contribution in [1.29, 1.82) is 0 Å². The summed E-state index contributed by atoms with van der Waals surface area (Å²) < 4.78 is 2.21. The average Bonchev–Trinajstić information content (AvgIpc) is 3.26. The Labute approximate surface area is 147 Å². The fraction of sp³-hybridized carbons (Fsp3) is 0.526. The molecule has 2 heterocycles. The molecule has 0 saturated heterocycles. The van der Waals surface area contributed by atoms with Gasteiger partial charge in [-0.25, -0.2) is 0 Å². The quantitative estimate of drug-likeness (QED) is 0.901. The minimum Gasteiger partial charge on any atom is -0.393 e. The molecule has 3 rings (SSSR count). The number of amides is 1. The summed E-state index contributed by atoms with van der Waals surface area (Å²) in [4.78, 5) is 15.9. The van der Waals surface area contributed by atoms with Gasteiger partial charge in [-0.1, -0.05) is 12.5 Å². The molecule has 130 valence electrons. The summed E-state index contributed by atoms with van der Waals surface area (Å²) in [6, 6.07) is 6.17. The highest BCUT2D eigenvalue weighted by molar-refractivity contribution is 7.09. The summed E-state index contributed by atoms with van der Waals surface area (Å²) >= 11 is 1.74. The summed E-state index contributed by atoms with van der Waals surface area (Å²) in [6.45, 7) is 5.52. The van der Waals surface area contributed by atoms with Crippen molar-refractivity contribution in [2.45, 2.75) is 45.8 Å². The third-order valence-corrected chi connectivity index (χ3v) is 6.03. The Morgan fingerprint density at radius 1 is 1.42 bits per heavy atom. The number of aryl methyl sites for hydroxylation is 1. The fourth-order valence-corrected chi connectivity index (χ4v) is 4.38. The van der Waals surface area contributed by atoms with E-state index in [0.29, 0.717) is 6.54 Å². The van der Waals surface area contributed by atoms with Crippen molar-refractivity contribution in [3.8, 4) is 0 Å². The number of nitrogens with zero attached hydrogens (tertiary/aromatic N) is 2. The van der Waals surface area contributed by atoms with Crippen LogP contribution in [0.4, 0.5) is 0 Å². The van der Waals surface area contributed by atoms with Crippen LogP contribution in [0.3, 0.4) is 0 Å². The SMILES string of the molecule is Cc1cc(C(=O)N(C)CC2CCCC2O)c(C)n1Cc1cccs1. The molecule has 1 N–H and O–H groups in total. The van der Waals surface area contributed by atoms with Gasteiger partial charge >= 0.3 is 0 Å².